The predicted molar refractivity (Wildman–Crippen MR) is 124 cm³/mol. The van der Waals surface area contributed by atoms with Crippen molar-refractivity contribution in [2.24, 2.45) is 11.3 Å². The fraction of sp³-hybridized carbons (Fsp3) is 0.423. The number of carboxylic acid groups (broad SMARTS) is 1. The molecule has 35 heavy (non-hydrogen) atoms. The zero-order valence-corrected chi connectivity index (χ0v) is 19.5. The van der Waals surface area contributed by atoms with Crippen LogP contribution >= 0.6 is 0 Å². The van der Waals surface area contributed by atoms with Crippen LogP contribution in [-0.2, 0) is 14.3 Å². The van der Waals surface area contributed by atoms with Crippen LogP contribution in [0, 0.1) is 11.3 Å². The molecule has 1 unspecified atom stereocenters. The molecule has 1 saturated heterocycles. The molecule has 0 saturated carbocycles. The summed E-state index contributed by atoms with van der Waals surface area (Å²) >= 11 is 0. The van der Waals surface area contributed by atoms with Crippen LogP contribution in [0.15, 0.2) is 48.5 Å². The van der Waals surface area contributed by atoms with E-state index in [4.69, 9.17) is 4.74 Å². The number of carbonyl (C=O) groups is 3. The smallest absolute Gasteiger partial charge is 0.407 e. The molecule has 0 spiro atoms. The number of nitrogens with zero attached hydrogens (tertiary/aromatic N) is 1. The Bertz CT molecular complexity index is 1090. The highest BCUT2D eigenvalue weighted by atomic mass is 19.3. The zero-order chi connectivity index (χ0) is 25.3. The molecule has 1 aliphatic carbocycles. The number of carboxylic acids is 1. The van der Waals surface area contributed by atoms with E-state index in [-0.39, 0.29) is 31.5 Å². The van der Waals surface area contributed by atoms with Gasteiger partial charge in [-0.25, -0.2) is 13.6 Å². The molecule has 1 heterocycles. The van der Waals surface area contributed by atoms with Gasteiger partial charge in [0, 0.05) is 19.0 Å². The molecule has 2 aliphatic rings. The number of fused-ring (bicyclic) bond motifs is 3. The van der Waals surface area contributed by atoms with Crippen LogP contribution in [0.25, 0.3) is 11.1 Å². The van der Waals surface area contributed by atoms with Gasteiger partial charge >= 0.3 is 12.1 Å². The van der Waals surface area contributed by atoms with E-state index in [1.165, 1.54) is 11.8 Å². The molecule has 0 radical (unpaired) electrons. The summed E-state index contributed by atoms with van der Waals surface area (Å²) in [5, 5.41) is 11.6. The second-order valence-corrected chi connectivity index (χ2v) is 9.51. The van der Waals surface area contributed by atoms with Crippen molar-refractivity contribution in [1.29, 1.82) is 0 Å². The van der Waals surface area contributed by atoms with E-state index in [0.29, 0.717) is 0 Å². The number of carbonyl (C=O) groups excluding carboxylic acids is 2. The monoisotopic (exact) mass is 486 g/mol. The second-order valence-electron chi connectivity index (χ2n) is 9.51. The van der Waals surface area contributed by atoms with Crippen LogP contribution in [0.1, 0.15) is 37.3 Å². The summed E-state index contributed by atoms with van der Waals surface area (Å²) in [5.74, 6) is -2.22. The summed E-state index contributed by atoms with van der Waals surface area (Å²) in [6.45, 7) is 3.30. The third kappa shape index (κ3) is 4.72. The van der Waals surface area contributed by atoms with E-state index in [9.17, 15) is 28.3 Å². The van der Waals surface area contributed by atoms with Gasteiger partial charge < -0.3 is 20.1 Å². The fourth-order valence-corrected chi connectivity index (χ4v) is 4.93. The molecule has 7 nitrogen and oxygen atoms in total. The number of halogens is 2. The van der Waals surface area contributed by atoms with Gasteiger partial charge in [0.25, 0.3) is 6.43 Å². The molecule has 2 amide bonds. The maximum Gasteiger partial charge on any atom is 0.407 e. The van der Waals surface area contributed by atoms with E-state index in [2.05, 4.69) is 5.32 Å². The third-order valence-corrected chi connectivity index (χ3v) is 7.29. The van der Waals surface area contributed by atoms with Crippen molar-refractivity contribution in [3.63, 3.8) is 0 Å². The number of aliphatic carboxylic acids is 1. The Morgan fingerprint density at radius 3 is 2.20 bits per heavy atom. The maximum atomic E-state index is 13.7. The molecule has 2 N–H and O–H groups in total. The minimum atomic E-state index is -3.00. The molecule has 3 atom stereocenters. The average Bonchev–Trinajstić information content (AvgIpc) is 3.32. The SMILES string of the molecule is C[C@H]1CN(C(=O)CC(NC(=O)OCC2c3ccccc3-c3ccccc32)C(F)F)C[C@]1(C)C(=O)O. The number of hydrogen-bond acceptors (Lipinski definition) is 4. The van der Waals surface area contributed by atoms with E-state index >= 15 is 0 Å². The van der Waals surface area contributed by atoms with E-state index in [1.807, 2.05) is 48.5 Å². The Hall–Kier alpha value is -3.49. The van der Waals surface area contributed by atoms with Gasteiger partial charge in [-0.2, -0.15) is 0 Å². The number of nitrogens with one attached hydrogen (secondary N) is 1. The molecule has 2 aromatic rings. The Labute approximate surface area is 202 Å². The number of amides is 2. The topological polar surface area (TPSA) is 95.9 Å². The van der Waals surface area contributed by atoms with Crippen LogP contribution in [0.5, 0.6) is 0 Å². The van der Waals surface area contributed by atoms with Crippen molar-refractivity contribution in [2.75, 3.05) is 19.7 Å². The van der Waals surface area contributed by atoms with Crippen LogP contribution in [0.4, 0.5) is 13.6 Å². The standard InChI is InChI=1S/C26H28F2N2O5/c1-15-12-30(14-26(15,2)24(32)33)22(31)11-21(23(27)28)29-25(34)35-13-20-18-9-5-3-7-16(18)17-8-4-6-10-19(17)20/h3-10,15,20-21,23H,11-14H2,1-2H3,(H,29,34)(H,32,33)/t15-,21?,26-/m0/s1. The highest BCUT2D eigenvalue weighted by Gasteiger charge is 2.48. The fourth-order valence-electron chi connectivity index (χ4n) is 4.93. The average molecular weight is 487 g/mol. The van der Waals surface area contributed by atoms with Crippen LogP contribution in [0.2, 0.25) is 0 Å². The van der Waals surface area contributed by atoms with Crippen molar-refractivity contribution >= 4 is 18.0 Å². The lowest BCUT2D eigenvalue weighted by molar-refractivity contribution is -0.149. The Morgan fingerprint density at radius 1 is 1.11 bits per heavy atom. The van der Waals surface area contributed by atoms with Crippen molar-refractivity contribution in [2.45, 2.75) is 38.7 Å². The molecular formula is C26H28F2N2O5. The van der Waals surface area contributed by atoms with Gasteiger partial charge in [0.15, 0.2) is 0 Å². The first-order chi connectivity index (χ1) is 16.6. The number of rotatable bonds is 7. The third-order valence-electron chi connectivity index (χ3n) is 7.29. The molecule has 1 fully saturated rings. The van der Waals surface area contributed by atoms with E-state index in [0.717, 1.165) is 22.3 Å². The number of alkyl carbamates (subject to hydrolysis) is 1. The first kappa shape index (κ1) is 24.6. The first-order valence-corrected chi connectivity index (χ1v) is 11.5. The lowest BCUT2D eigenvalue weighted by Gasteiger charge is -2.24. The lowest BCUT2D eigenvalue weighted by atomic mass is 9.81. The highest BCUT2D eigenvalue weighted by Crippen LogP contribution is 2.44. The van der Waals surface area contributed by atoms with Crippen molar-refractivity contribution in [3.05, 3.63) is 59.7 Å². The molecule has 9 heteroatoms. The van der Waals surface area contributed by atoms with Gasteiger partial charge in [-0.15, -0.1) is 0 Å². The summed E-state index contributed by atoms with van der Waals surface area (Å²) in [6, 6.07) is 13.8. The summed E-state index contributed by atoms with van der Waals surface area (Å²) in [6.07, 6.45) is -4.68. The number of hydrogen-bond donors (Lipinski definition) is 2. The van der Waals surface area contributed by atoms with E-state index in [1.54, 1.807) is 6.92 Å². The van der Waals surface area contributed by atoms with Gasteiger partial charge in [0.2, 0.25) is 5.91 Å². The minimum absolute atomic E-state index is 0.0373. The number of likely N-dealkylation sites (tertiary alicyclic amines) is 1. The first-order valence-electron chi connectivity index (χ1n) is 11.5. The zero-order valence-electron chi connectivity index (χ0n) is 19.5. The van der Waals surface area contributed by atoms with Crippen molar-refractivity contribution in [1.82, 2.24) is 10.2 Å². The molecule has 0 aromatic heterocycles. The van der Waals surface area contributed by atoms with Gasteiger partial charge in [0.05, 0.1) is 11.8 Å². The molecule has 4 rings (SSSR count). The Kier molecular flexibility index (Phi) is 6.78. The summed E-state index contributed by atoms with van der Waals surface area (Å²) in [4.78, 5) is 37.9. The molecule has 1 aliphatic heterocycles. The Balaban J connectivity index is 1.37. The van der Waals surface area contributed by atoms with Gasteiger partial charge in [-0.05, 0) is 35.1 Å². The highest BCUT2D eigenvalue weighted by molar-refractivity contribution is 5.82. The summed E-state index contributed by atoms with van der Waals surface area (Å²) < 4.78 is 32.7. The lowest BCUT2D eigenvalue weighted by Crippen LogP contribution is -2.45. The van der Waals surface area contributed by atoms with Crippen LogP contribution in [-0.4, -0.2) is 60.1 Å². The Morgan fingerprint density at radius 2 is 1.69 bits per heavy atom. The molecule has 0 bridgehead atoms. The number of alkyl halides is 2. The van der Waals surface area contributed by atoms with Crippen molar-refractivity contribution in [3.8, 4) is 11.1 Å². The van der Waals surface area contributed by atoms with Gasteiger partial charge in [-0.1, -0.05) is 55.5 Å². The molecule has 186 valence electrons. The summed E-state index contributed by atoms with van der Waals surface area (Å²) in [7, 11) is 0. The second kappa shape index (κ2) is 9.64. The molecular weight excluding hydrogens is 458 g/mol. The predicted octanol–water partition coefficient (Wildman–Crippen LogP) is 4.12. The molecule has 2 aromatic carbocycles. The largest absolute Gasteiger partial charge is 0.481 e. The maximum absolute atomic E-state index is 13.7. The van der Waals surface area contributed by atoms with Crippen LogP contribution in [0.3, 0.4) is 0 Å². The minimum Gasteiger partial charge on any atom is -0.481 e. The number of benzene rings is 2. The van der Waals surface area contributed by atoms with Crippen molar-refractivity contribution < 1.29 is 33.0 Å². The quantitative estimate of drug-likeness (QED) is 0.614. The van der Waals surface area contributed by atoms with E-state index < -0.39 is 42.3 Å². The van der Waals surface area contributed by atoms with Gasteiger partial charge in [-0.3, -0.25) is 9.59 Å². The summed E-state index contributed by atoms with van der Waals surface area (Å²) in [5.41, 5.74) is 2.93. The van der Waals surface area contributed by atoms with Gasteiger partial charge in [0.1, 0.15) is 12.6 Å². The normalized spacial score (nSPS) is 22.0. The number of ether oxygens (including phenoxy) is 1. The van der Waals surface area contributed by atoms with Crippen LogP contribution < -0.4 is 5.32 Å².